The van der Waals surface area contributed by atoms with Gasteiger partial charge in [-0.2, -0.15) is 0 Å². The molecule has 13 heavy (non-hydrogen) atoms. The van der Waals surface area contributed by atoms with Gasteiger partial charge in [0.05, 0.1) is 9.30 Å². The van der Waals surface area contributed by atoms with E-state index >= 15 is 0 Å². The van der Waals surface area contributed by atoms with Crippen molar-refractivity contribution < 1.29 is 16.4 Å². The SMILES string of the molecule is [2H]C([2H])([2H])C([2H])([2H])OC(=O)/C=C/c1ccccc1. The third-order valence-corrected chi connectivity index (χ3v) is 1.36. The third kappa shape index (κ3) is 3.56. The topological polar surface area (TPSA) is 26.3 Å². The zero-order valence-electron chi connectivity index (χ0n) is 11.9. The van der Waals surface area contributed by atoms with E-state index in [1.165, 1.54) is 6.08 Å². The third-order valence-electron chi connectivity index (χ3n) is 1.36. The maximum atomic E-state index is 11.3. The Morgan fingerprint density at radius 3 is 3.08 bits per heavy atom. The van der Waals surface area contributed by atoms with Gasteiger partial charge in [0.2, 0.25) is 0 Å². The van der Waals surface area contributed by atoms with Gasteiger partial charge in [-0.15, -0.1) is 0 Å². The van der Waals surface area contributed by atoms with Crippen LogP contribution in [0.4, 0.5) is 0 Å². The molecular weight excluding hydrogens is 164 g/mol. The standard InChI is InChI=1S/C11H12O2/c1-2-13-11(12)9-8-10-6-4-3-5-7-10/h3-9H,2H2,1H3/b9-8+/i1D3,2D2. The summed E-state index contributed by atoms with van der Waals surface area (Å²) in [4.78, 5) is 11.3. The van der Waals surface area contributed by atoms with E-state index in [-0.39, 0.29) is 0 Å². The molecule has 0 atom stereocenters. The Morgan fingerprint density at radius 2 is 2.38 bits per heavy atom. The average Bonchev–Trinajstić information content (AvgIpc) is 2.26. The lowest BCUT2D eigenvalue weighted by Gasteiger charge is -1.94. The van der Waals surface area contributed by atoms with Gasteiger partial charge in [-0.1, -0.05) is 30.3 Å². The van der Waals surface area contributed by atoms with E-state index in [9.17, 15) is 4.79 Å². The summed E-state index contributed by atoms with van der Waals surface area (Å²) in [6.45, 7) is -6.01. The normalized spacial score (nSPS) is 18.0. The van der Waals surface area contributed by atoms with E-state index < -0.39 is 19.4 Å². The Hall–Kier alpha value is -1.57. The van der Waals surface area contributed by atoms with E-state index in [0.29, 0.717) is 0 Å². The molecule has 1 aromatic carbocycles. The van der Waals surface area contributed by atoms with Crippen LogP contribution in [0, 0.1) is 0 Å². The monoisotopic (exact) mass is 181 g/mol. The van der Waals surface area contributed by atoms with Gasteiger partial charge in [0.25, 0.3) is 0 Å². The first-order valence-corrected chi connectivity index (χ1v) is 3.68. The Balaban J connectivity index is 2.66. The molecule has 0 radical (unpaired) electrons. The fourth-order valence-electron chi connectivity index (χ4n) is 0.813. The van der Waals surface area contributed by atoms with Gasteiger partial charge in [-0.3, -0.25) is 0 Å². The summed E-state index contributed by atoms with van der Waals surface area (Å²) in [5, 5.41) is 0. The van der Waals surface area contributed by atoms with Crippen molar-refractivity contribution >= 4 is 12.0 Å². The molecule has 0 saturated heterocycles. The van der Waals surface area contributed by atoms with Gasteiger partial charge in [0, 0.05) is 10.2 Å². The molecule has 0 fully saturated rings. The molecule has 0 aliphatic carbocycles. The molecule has 2 nitrogen and oxygen atoms in total. The Morgan fingerprint density at radius 1 is 1.62 bits per heavy atom. The molecule has 0 spiro atoms. The number of esters is 1. The number of hydrogen-bond acceptors (Lipinski definition) is 2. The minimum Gasteiger partial charge on any atom is -0.463 e. The summed E-state index contributed by atoms with van der Waals surface area (Å²) in [6.07, 6.45) is 2.40. The molecule has 0 aliphatic rings. The van der Waals surface area contributed by atoms with Gasteiger partial charge >= 0.3 is 5.97 Å². The van der Waals surface area contributed by atoms with E-state index in [0.717, 1.165) is 11.6 Å². The van der Waals surface area contributed by atoms with Crippen LogP contribution in [0.25, 0.3) is 6.08 Å². The van der Waals surface area contributed by atoms with Crippen molar-refractivity contribution in [1.29, 1.82) is 0 Å². The van der Waals surface area contributed by atoms with E-state index in [1.807, 2.05) is 6.07 Å². The van der Waals surface area contributed by atoms with Crippen molar-refractivity contribution in [3.8, 4) is 0 Å². The summed E-state index contributed by atoms with van der Waals surface area (Å²) >= 11 is 0. The molecule has 1 rings (SSSR count). The molecule has 0 bridgehead atoms. The van der Waals surface area contributed by atoms with Crippen LogP contribution in [0.2, 0.25) is 0 Å². The Labute approximate surface area is 84.9 Å². The maximum Gasteiger partial charge on any atom is 0.330 e. The smallest absolute Gasteiger partial charge is 0.330 e. The predicted molar refractivity (Wildman–Crippen MR) is 52.1 cm³/mol. The second kappa shape index (κ2) is 5.14. The number of rotatable bonds is 3. The molecule has 68 valence electrons. The van der Waals surface area contributed by atoms with Crippen LogP contribution in [0.3, 0.4) is 0 Å². The number of carbonyl (C=O) groups is 1. The van der Waals surface area contributed by atoms with E-state index in [2.05, 4.69) is 4.74 Å². The maximum absolute atomic E-state index is 11.3. The zero-order chi connectivity index (χ0) is 13.8. The highest BCUT2D eigenvalue weighted by molar-refractivity contribution is 5.86. The fourth-order valence-corrected chi connectivity index (χ4v) is 0.813. The van der Waals surface area contributed by atoms with Gasteiger partial charge in [-0.05, 0) is 18.5 Å². The first-order valence-electron chi connectivity index (χ1n) is 6.18. The van der Waals surface area contributed by atoms with E-state index in [4.69, 9.17) is 6.85 Å². The lowest BCUT2D eigenvalue weighted by molar-refractivity contribution is -0.137. The summed E-state index contributed by atoms with van der Waals surface area (Å²) in [6, 6.07) is 8.83. The summed E-state index contributed by atoms with van der Waals surface area (Å²) in [5.74, 6) is -1.04. The molecular formula is C11H12O2. The van der Waals surface area contributed by atoms with Gasteiger partial charge in [0.1, 0.15) is 0 Å². The van der Waals surface area contributed by atoms with Crippen molar-refractivity contribution in [2.45, 2.75) is 6.85 Å². The van der Waals surface area contributed by atoms with Crippen LogP contribution in [0.15, 0.2) is 36.4 Å². The lowest BCUT2D eigenvalue weighted by atomic mass is 10.2. The molecule has 0 N–H and O–H groups in total. The first-order chi connectivity index (χ1) is 8.22. The number of ether oxygens (including phenoxy) is 1. The fraction of sp³-hybridized carbons (Fsp3) is 0.182. The second-order valence-electron chi connectivity index (χ2n) is 2.27. The molecule has 0 heterocycles. The molecule has 0 unspecified atom stereocenters. The molecule has 2 heteroatoms. The molecule has 0 aliphatic heterocycles. The summed E-state index contributed by atoms with van der Waals surface area (Å²) in [7, 11) is 0. The van der Waals surface area contributed by atoms with Crippen molar-refractivity contribution in [2.24, 2.45) is 0 Å². The first kappa shape index (κ1) is 4.61. The summed E-state index contributed by atoms with van der Waals surface area (Å²) in [5.41, 5.74) is 0.726. The zero-order valence-corrected chi connectivity index (χ0v) is 6.86. The highest BCUT2D eigenvalue weighted by Gasteiger charge is 1.92. The van der Waals surface area contributed by atoms with Crippen LogP contribution in [-0.2, 0) is 9.53 Å². The van der Waals surface area contributed by atoms with Crippen molar-refractivity contribution in [2.75, 3.05) is 6.56 Å². The minimum atomic E-state index is -3.01. The number of hydrogen-bond donors (Lipinski definition) is 0. The highest BCUT2D eigenvalue weighted by Crippen LogP contribution is 2.00. The van der Waals surface area contributed by atoms with Crippen molar-refractivity contribution in [1.82, 2.24) is 0 Å². The van der Waals surface area contributed by atoms with Crippen LogP contribution >= 0.6 is 0 Å². The molecule has 0 saturated carbocycles. The minimum absolute atomic E-state index is 0.726. The molecule has 0 amide bonds. The number of benzene rings is 1. The van der Waals surface area contributed by atoms with Crippen LogP contribution in [0.5, 0.6) is 0 Å². The van der Waals surface area contributed by atoms with Crippen molar-refractivity contribution in [3.05, 3.63) is 42.0 Å². The Kier molecular flexibility index (Phi) is 1.82. The lowest BCUT2D eigenvalue weighted by Crippen LogP contribution is -1.98. The molecule has 1 aromatic rings. The van der Waals surface area contributed by atoms with Crippen LogP contribution in [0.1, 0.15) is 19.3 Å². The summed E-state index contributed by atoms with van der Waals surface area (Å²) < 4.78 is 39.1. The largest absolute Gasteiger partial charge is 0.463 e. The van der Waals surface area contributed by atoms with E-state index in [1.54, 1.807) is 24.3 Å². The average molecular weight is 181 g/mol. The predicted octanol–water partition coefficient (Wildman–Crippen LogP) is 2.26. The Bertz CT molecular complexity index is 436. The van der Waals surface area contributed by atoms with Crippen LogP contribution in [-0.4, -0.2) is 12.5 Å². The second-order valence-corrected chi connectivity index (χ2v) is 2.27. The highest BCUT2D eigenvalue weighted by atomic mass is 16.5. The van der Waals surface area contributed by atoms with Crippen molar-refractivity contribution in [3.63, 3.8) is 0 Å². The van der Waals surface area contributed by atoms with Gasteiger partial charge < -0.3 is 4.74 Å². The molecule has 0 aromatic heterocycles. The quantitative estimate of drug-likeness (QED) is 0.528. The number of carbonyl (C=O) groups excluding carboxylic acids is 1. The van der Waals surface area contributed by atoms with Crippen LogP contribution < -0.4 is 0 Å². The van der Waals surface area contributed by atoms with Gasteiger partial charge in [0.15, 0.2) is 0 Å². The van der Waals surface area contributed by atoms with Gasteiger partial charge in [-0.25, -0.2) is 4.79 Å².